The normalized spacial score (nSPS) is 18.7. The molecular formula is C17H28N2O4. The van der Waals surface area contributed by atoms with E-state index in [1.807, 2.05) is 19.0 Å². The summed E-state index contributed by atoms with van der Waals surface area (Å²) in [4.78, 5) is 27.0. The summed E-state index contributed by atoms with van der Waals surface area (Å²) in [5, 5.41) is 8.90. The molecule has 0 spiro atoms. The van der Waals surface area contributed by atoms with Crippen LogP contribution in [0.5, 0.6) is 0 Å². The van der Waals surface area contributed by atoms with Crippen LogP contribution in [0.2, 0.25) is 0 Å². The zero-order chi connectivity index (χ0) is 17.2. The van der Waals surface area contributed by atoms with Crippen molar-refractivity contribution in [3.05, 3.63) is 0 Å². The number of amides is 1. The van der Waals surface area contributed by atoms with Crippen LogP contribution >= 0.6 is 0 Å². The average Bonchev–Trinajstić information content (AvgIpc) is 2.83. The van der Waals surface area contributed by atoms with Crippen LogP contribution < -0.4 is 0 Å². The Morgan fingerprint density at radius 3 is 2.78 bits per heavy atom. The number of hydrogen-bond acceptors (Lipinski definition) is 4. The Balaban J connectivity index is 2.57. The third kappa shape index (κ3) is 6.91. The van der Waals surface area contributed by atoms with Gasteiger partial charge in [0.25, 0.3) is 0 Å². The smallest absolute Gasteiger partial charge is 0.450 e. The molecule has 2 atom stereocenters. The van der Waals surface area contributed by atoms with E-state index in [1.165, 1.54) is 0 Å². The van der Waals surface area contributed by atoms with Crippen LogP contribution in [0.3, 0.4) is 0 Å². The number of rotatable bonds is 8. The van der Waals surface area contributed by atoms with Gasteiger partial charge in [0.2, 0.25) is 5.91 Å². The molecule has 1 aliphatic heterocycles. The van der Waals surface area contributed by atoms with Crippen molar-refractivity contribution < 1.29 is 19.4 Å². The zero-order valence-electron chi connectivity index (χ0n) is 14.4. The minimum atomic E-state index is -1.30. The topological polar surface area (TPSA) is 70.1 Å². The summed E-state index contributed by atoms with van der Waals surface area (Å²) < 4.78 is 4.98. The fourth-order valence-electron chi connectivity index (χ4n) is 2.70. The maximum atomic E-state index is 12.5. The molecule has 1 unspecified atom stereocenters. The van der Waals surface area contributed by atoms with Gasteiger partial charge in [-0.1, -0.05) is 31.6 Å². The van der Waals surface area contributed by atoms with Gasteiger partial charge in [0.05, 0.1) is 19.0 Å². The van der Waals surface area contributed by atoms with Gasteiger partial charge in [-0.2, -0.15) is 0 Å². The van der Waals surface area contributed by atoms with Crippen LogP contribution in [0, 0.1) is 17.8 Å². The molecule has 0 radical (unpaired) electrons. The quantitative estimate of drug-likeness (QED) is 0.420. The Labute approximate surface area is 138 Å². The summed E-state index contributed by atoms with van der Waals surface area (Å²) in [5.41, 5.74) is 0. The first-order valence-electron chi connectivity index (χ1n) is 8.24. The lowest BCUT2D eigenvalue weighted by Crippen LogP contribution is -2.35. The van der Waals surface area contributed by atoms with E-state index >= 15 is 0 Å². The fourth-order valence-corrected chi connectivity index (χ4v) is 2.70. The summed E-state index contributed by atoms with van der Waals surface area (Å²) in [7, 11) is 3.88. The highest BCUT2D eigenvalue weighted by atomic mass is 16.7. The summed E-state index contributed by atoms with van der Waals surface area (Å²) >= 11 is 0. The van der Waals surface area contributed by atoms with Crippen LogP contribution in [0.15, 0.2) is 0 Å². The van der Waals surface area contributed by atoms with E-state index < -0.39 is 12.3 Å². The van der Waals surface area contributed by atoms with E-state index in [0.717, 1.165) is 19.3 Å². The molecule has 0 aromatic rings. The van der Waals surface area contributed by atoms with Gasteiger partial charge < -0.3 is 14.7 Å². The molecule has 0 bridgehead atoms. The van der Waals surface area contributed by atoms with E-state index in [1.54, 1.807) is 4.90 Å². The minimum Gasteiger partial charge on any atom is -0.450 e. The number of unbranched alkanes of at least 4 members (excludes halogenated alkanes) is 2. The molecule has 1 aliphatic rings. The predicted octanol–water partition coefficient (Wildman–Crippen LogP) is 2.04. The van der Waals surface area contributed by atoms with Gasteiger partial charge in [0.15, 0.2) is 0 Å². The van der Waals surface area contributed by atoms with Crippen LogP contribution in [0.25, 0.3) is 0 Å². The predicted molar refractivity (Wildman–Crippen MR) is 88.1 cm³/mol. The van der Waals surface area contributed by atoms with Crippen molar-refractivity contribution in [2.45, 2.75) is 45.1 Å². The Bertz CT molecular complexity index is 453. The summed E-state index contributed by atoms with van der Waals surface area (Å²) in [6, 6.07) is 0. The molecule has 1 fully saturated rings. The third-order valence-electron chi connectivity index (χ3n) is 3.92. The van der Waals surface area contributed by atoms with Crippen molar-refractivity contribution in [3.8, 4) is 11.8 Å². The van der Waals surface area contributed by atoms with Crippen LogP contribution in [0.4, 0.5) is 4.79 Å². The van der Waals surface area contributed by atoms with Crippen molar-refractivity contribution >= 4 is 12.1 Å². The molecule has 1 heterocycles. The molecule has 1 saturated heterocycles. The second kappa shape index (κ2) is 10.1. The molecule has 23 heavy (non-hydrogen) atoms. The lowest BCUT2D eigenvalue weighted by molar-refractivity contribution is -0.133. The molecule has 0 aromatic carbocycles. The Hall–Kier alpha value is -1.74. The molecule has 0 saturated carbocycles. The number of carbonyl (C=O) groups is 2. The van der Waals surface area contributed by atoms with E-state index in [2.05, 4.69) is 18.8 Å². The Kier molecular flexibility index (Phi) is 8.49. The molecule has 6 heteroatoms. The van der Waals surface area contributed by atoms with Gasteiger partial charge in [0, 0.05) is 6.54 Å². The van der Waals surface area contributed by atoms with Gasteiger partial charge in [-0.3, -0.25) is 9.69 Å². The third-order valence-corrected chi connectivity index (χ3v) is 3.92. The van der Waals surface area contributed by atoms with Gasteiger partial charge in [-0.25, -0.2) is 4.79 Å². The average molecular weight is 324 g/mol. The van der Waals surface area contributed by atoms with Crippen LogP contribution in [-0.2, 0) is 9.53 Å². The maximum absolute atomic E-state index is 12.5. The summed E-state index contributed by atoms with van der Waals surface area (Å²) in [6.07, 6.45) is 2.34. The molecule has 0 aromatic heterocycles. The number of ether oxygens (including phenoxy) is 1. The molecule has 130 valence electrons. The largest absolute Gasteiger partial charge is 0.506 e. The first-order valence-corrected chi connectivity index (χ1v) is 8.24. The maximum Gasteiger partial charge on any atom is 0.506 e. The van der Waals surface area contributed by atoms with Crippen LogP contribution in [-0.4, -0.2) is 66.8 Å². The van der Waals surface area contributed by atoms with Gasteiger partial charge in [-0.15, -0.1) is 0 Å². The van der Waals surface area contributed by atoms with Crippen molar-refractivity contribution in [1.82, 2.24) is 9.80 Å². The highest BCUT2D eigenvalue weighted by molar-refractivity contribution is 5.82. The Morgan fingerprint density at radius 2 is 2.17 bits per heavy atom. The molecule has 0 aliphatic carbocycles. The lowest BCUT2D eigenvalue weighted by Gasteiger charge is -2.21. The minimum absolute atomic E-state index is 0.0353. The van der Waals surface area contributed by atoms with Crippen molar-refractivity contribution in [1.29, 1.82) is 0 Å². The highest BCUT2D eigenvalue weighted by Crippen LogP contribution is 2.26. The van der Waals surface area contributed by atoms with Crippen molar-refractivity contribution in [2.75, 3.05) is 33.7 Å². The van der Waals surface area contributed by atoms with Crippen LogP contribution in [0.1, 0.15) is 39.0 Å². The van der Waals surface area contributed by atoms with Gasteiger partial charge >= 0.3 is 6.16 Å². The van der Waals surface area contributed by atoms with Crippen molar-refractivity contribution in [2.24, 2.45) is 5.92 Å². The molecule has 6 nitrogen and oxygen atoms in total. The molecular weight excluding hydrogens is 296 g/mol. The monoisotopic (exact) mass is 324 g/mol. The molecule has 1 amide bonds. The van der Waals surface area contributed by atoms with E-state index in [0.29, 0.717) is 32.5 Å². The summed E-state index contributed by atoms with van der Waals surface area (Å²) in [5.74, 6) is 5.61. The first-order chi connectivity index (χ1) is 11.0. The van der Waals surface area contributed by atoms with Gasteiger partial charge in [-0.05, 0) is 33.4 Å². The lowest BCUT2D eigenvalue weighted by atomic mass is 9.96. The van der Waals surface area contributed by atoms with Gasteiger partial charge in [0.1, 0.15) is 6.10 Å². The highest BCUT2D eigenvalue weighted by Gasteiger charge is 2.38. The fraction of sp³-hybridized carbons (Fsp3) is 0.765. The number of nitrogens with zero attached hydrogens (tertiary/aromatic N) is 2. The molecule has 1 N–H and O–H groups in total. The number of carboxylic acid groups (broad SMARTS) is 1. The Morgan fingerprint density at radius 1 is 1.43 bits per heavy atom. The first kappa shape index (κ1) is 19.3. The SMILES string of the molecule is CCCCCC(OC(=O)O)[C@H]1CCN(CC#CCN(C)C)C1=O. The molecule has 1 rings (SSSR count). The van der Waals surface area contributed by atoms with E-state index in [-0.39, 0.29) is 11.8 Å². The van der Waals surface area contributed by atoms with Crippen molar-refractivity contribution in [3.63, 3.8) is 0 Å². The second-order valence-electron chi connectivity index (χ2n) is 6.16. The van der Waals surface area contributed by atoms with E-state index in [9.17, 15) is 9.59 Å². The summed E-state index contributed by atoms with van der Waals surface area (Å²) in [6.45, 7) is 3.76. The number of hydrogen-bond donors (Lipinski definition) is 1. The second-order valence-corrected chi connectivity index (χ2v) is 6.16. The number of carbonyl (C=O) groups excluding carboxylic acids is 1. The standard InChI is InChI=1S/C17H28N2O4/c1-4-5-6-9-15(23-17(21)22)14-10-13-19(16(14)20)12-8-7-11-18(2)3/h14-15H,4-6,9-13H2,1-3H3,(H,21,22)/t14-,15?/m1/s1. The number of likely N-dealkylation sites (tertiary alicyclic amines) is 1. The van der Waals surface area contributed by atoms with E-state index in [4.69, 9.17) is 9.84 Å². The zero-order valence-corrected chi connectivity index (χ0v) is 14.4.